The van der Waals surface area contributed by atoms with E-state index >= 15 is 0 Å². The van der Waals surface area contributed by atoms with E-state index in [1.807, 2.05) is 65.8 Å². The molecule has 0 aliphatic heterocycles. The number of nitrogens with two attached hydrogens (primary N) is 1. The number of aliphatic hydroxyl groups excluding tert-OH is 2. The molecule has 0 spiro atoms. The second-order valence-electron chi connectivity index (χ2n) is 28.3. The third-order valence-corrected chi connectivity index (χ3v) is 16.3. The summed E-state index contributed by atoms with van der Waals surface area (Å²) in [4.78, 5) is 169. The maximum absolute atomic E-state index is 13.9. The number of primary amides is 1. The number of aromatic nitrogens is 1. The lowest BCUT2D eigenvalue weighted by Gasteiger charge is -2.31. The van der Waals surface area contributed by atoms with Gasteiger partial charge in [-0.15, -0.1) is 0 Å². The average molecular weight is 1450 g/mol. The van der Waals surface area contributed by atoms with E-state index in [1.165, 1.54) is 18.7 Å². The first-order valence-corrected chi connectivity index (χ1v) is 35.8. The predicted molar refractivity (Wildman–Crippen MR) is 385 cm³/mol. The summed E-state index contributed by atoms with van der Waals surface area (Å²) in [5.74, 6) is -9.20. The molecule has 570 valence electrons. The van der Waals surface area contributed by atoms with E-state index in [1.54, 1.807) is 91.3 Å². The smallest absolute Gasteiger partial charge is 0.407 e. The van der Waals surface area contributed by atoms with Gasteiger partial charge in [0.15, 0.2) is 0 Å². The van der Waals surface area contributed by atoms with Crippen molar-refractivity contribution in [1.82, 2.24) is 58.2 Å². The van der Waals surface area contributed by atoms with Crippen LogP contribution in [-0.2, 0) is 75.1 Å². The molecule has 2 aromatic carbocycles. The van der Waals surface area contributed by atoms with Crippen LogP contribution < -0.4 is 58.9 Å². The van der Waals surface area contributed by atoms with Crippen molar-refractivity contribution in [2.24, 2.45) is 35.3 Å². The number of amides is 11. The highest BCUT2D eigenvalue weighted by Crippen LogP contribution is 2.21. The van der Waals surface area contributed by atoms with Crippen molar-refractivity contribution >= 4 is 99.8 Å². The van der Waals surface area contributed by atoms with Crippen LogP contribution in [0.4, 0.5) is 4.79 Å². The van der Waals surface area contributed by atoms with E-state index in [0.717, 1.165) is 10.9 Å². The van der Waals surface area contributed by atoms with Gasteiger partial charge in [0.1, 0.15) is 47.9 Å². The molecule has 30 nitrogen and oxygen atoms in total. The maximum atomic E-state index is 13.9. The number of thioether (sulfide) groups is 1. The number of hydrogen-bond acceptors (Lipinski definition) is 17. The third kappa shape index (κ3) is 34.7. The van der Waals surface area contributed by atoms with Crippen LogP contribution in [0.25, 0.3) is 10.9 Å². The minimum atomic E-state index is -1.62. The van der Waals surface area contributed by atoms with Crippen LogP contribution in [-0.4, -0.2) is 193 Å². The number of rotatable bonds is 42. The number of alkyl carbamates (subject to hydrolysis) is 1. The number of H-pyrrole nitrogens is 1. The fourth-order valence-electron chi connectivity index (χ4n) is 10.5. The summed E-state index contributed by atoms with van der Waals surface area (Å²) in [7, 11) is 0. The van der Waals surface area contributed by atoms with Crippen LogP contribution in [0, 0.1) is 29.6 Å². The summed E-state index contributed by atoms with van der Waals surface area (Å²) in [5, 5.41) is 67.0. The summed E-state index contributed by atoms with van der Waals surface area (Å²) in [6.07, 6.45) is -0.830. The van der Waals surface area contributed by atoms with Crippen LogP contribution in [0.15, 0.2) is 60.8 Å². The van der Waals surface area contributed by atoms with Crippen LogP contribution in [0.3, 0.4) is 0 Å². The number of carboxylic acid groups (broad SMARTS) is 2. The Labute approximate surface area is 602 Å². The first kappa shape index (κ1) is 89.2. The average Bonchev–Trinajstić information content (AvgIpc) is 1.65. The number of fused-ring (bicyclic) bond motifs is 1. The third-order valence-electron chi connectivity index (χ3n) is 15.7. The normalized spacial score (nSPS) is 14.7. The highest BCUT2D eigenvalue weighted by atomic mass is 32.2. The fraction of sp³-hybridized carbons (Fsp3) is 0.620. The van der Waals surface area contributed by atoms with Crippen molar-refractivity contribution in [3.05, 3.63) is 71.9 Å². The van der Waals surface area contributed by atoms with E-state index in [-0.39, 0.29) is 74.1 Å². The molecular formula is C71H112N12O18S. The maximum Gasteiger partial charge on any atom is 0.407 e. The Kier molecular flexibility index (Phi) is 39.0. The predicted octanol–water partition coefficient (Wildman–Crippen LogP) is 2.99. The Morgan fingerprint density at radius 1 is 0.520 bits per heavy atom. The van der Waals surface area contributed by atoms with E-state index < -0.39 is 163 Å². The van der Waals surface area contributed by atoms with E-state index in [2.05, 4.69) is 58.2 Å². The van der Waals surface area contributed by atoms with Gasteiger partial charge in [-0.1, -0.05) is 118 Å². The molecule has 0 unspecified atom stereocenters. The zero-order valence-corrected chi connectivity index (χ0v) is 62.3. The van der Waals surface area contributed by atoms with Gasteiger partial charge in [-0.2, -0.15) is 11.8 Å². The molecule has 3 rings (SSSR count). The molecule has 0 aliphatic carbocycles. The molecule has 0 bridgehead atoms. The lowest BCUT2D eigenvalue weighted by molar-refractivity contribution is -0.141. The van der Waals surface area contributed by atoms with Crippen molar-refractivity contribution in [1.29, 1.82) is 0 Å². The number of carbonyl (C=O) groups excluding carboxylic acids is 11. The standard InChI is InChI=1S/C37H49N7O9S.C34H63N5O9/c1-37(2,3)53-36(52)39-16-14-30(45)41-28(19-23-21-40-25-13-9-8-12-24(23)25)34(50)42-26(15-17-54-4)33(49)44-29(20-31(46)47)35(51)43-27(32(38)48)18-22-10-6-5-7-11-22;1-17(2)12-23(37-33(47)31(21(9)10)39-34(48)30(20(7)8)38-27(42)14-19(5)6)25(40)15-28(43)35-22(11)32(46)36-24(13-18(3)4)26(41)16-29(44)45/h5-13,21,26-29,40H,14-20H2,1-4H3,(H2,38,48)(H,39,52)(H,41,45)(H,42,50)(H,43,51)(H,44,49)(H,46,47);17-26,30-31,40-41H,12-16H2,1-11H3,(H,35,43)(H,36,46)(H,37,47)(H,38,42)(H,39,48)(H,44,45)/t26-,27-,28-,29-;22-,23-,24-,25-,26-,30-,31-/m00/s1. The minimum Gasteiger partial charge on any atom is -0.481 e. The van der Waals surface area contributed by atoms with Gasteiger partial charge in [0.25, 0.3) is 0 Å². The molecule has 31 heteroatoms. The van der Waals surface area contributed by atoms with Gasteiger partial charge in [-0.25, -0.2) is 4.79 Å². The van der Waals surface area contributed by atoms with Gasteiger partial charge in [0.2, 0.25) is 59.1 Å². The molecule has 0 aliphatic rings. The summed E-state index contributed by atoms with van der Waals surface area (Å²) in [6.45, 7) is 24.9. The number of nitrogens with one attached hydrogen (secondary N) is 11. The summed E-state index contributed by atoms with van der Waals surface area (Å²) >= 11 is 1.39. The van der Waals surface area contributed by atoms with Crippen molar-refractivity contribution < 1.29 is 87.5 Å². The highest BCUT2D eigenvalue weighted by molar-refractivity contribution is 7.98. The number of aliphatic carboxylic acids is 2. The van der Waals surface area contributed by atoms with Crippen LogP contribution >= 0.6 is 11.8 Å². The molecule has 11 amide bonds. The quantitative estimate of drug-likeness (QED) is 0.0388. The van der Waals surface area contributed by atoms with Crippen LogP contribution in [0.2, 0.25) is 0 Å². The number of benzene rings is 2. The van der Waals surface area contributed by atoms with E-state index in [9.17, 15) is 77.6 Å². The van der Waals surface area contributed by atoms with E-state index in [4.69, 9.17) is 15.6 Å². The monoisotopic (exact) mass is 1450 g/mol. The summed E-state index contributed by atoms with van der Waals surface area (Å²) in [5.41, 5.74) is 7.00. The zero-order valence-electron chi connectivity index (χ0n) is 61.5. The first-order valence-electron chi connectivity index (χ1n) is 34.4. The van der Waals surface area contributed by atoms with Crippen molar-refractivity contribution in [3.8, 4) is 0 Å². The SMILES string of the molecule is CC(C)CC(=O)N[C@H](C(=O)N[C@H](C(=O)N[C@@H](CC(C)C)[C@@H](O)CC(=O)N[C@@H](C)C(=O)N[C@@H](CC(C)C)[C@@H](O)CC(=O)O)C(C)C)C(C)C.CSCC[C@H](NC(=O)[C@H](Cc1c[nH]c2ccccc12)NC(=O)CCNC(=O)OC(C)(C)C)C(=O)N[C@@H](CC(=O)O)C(=O)N[C@@H](Cc1ccccc1)C(N)=O. The Balaban J connectivity index is 0.000000699. The van der Waals surface area contributed by atoms with Gasteiger partial charge in [0.05, 0.1) is 43.6 Å². The molecule has 0 saturated heterocycles. The van der Waals surface area contributed by atoms with Crippen LogP contribution in [0.1, 0.15) is 159 Å². The molecule has 0 saturated carbocycles. The number of ether oxygens (including phenoxy) is 1. The first-order chi connectivity index (χ1) is 47.6. The van der Waals surface area contributed by atoms with Gasteiger partial charge >= 0.3 is 18.0 Å². The molecule has 0 fully saturated rings. The van der Waals surface area contributed by atoms with Crippen molar-refractivity contribution in [3.63, 3.8) is 0 Å². The molecule has 11 atom stereocenters. The summed E-state index contributed by atoms with van der Waals surface area (Å²) < 4.78 is 5.20. The minimum absolute atomic E-state index is 0.0152. The Hall–Kier alpha value is -8.84. The Morgan fingerprint density at radius 3 is 1.56 bits per heavy atom. The van der Waals surface area contributed by atoms with Gasteiger partial charge in [-0.05, 0) is 106 Å². The number of carbonyl (C=O) groups is 13. The fourth-order valence-corrected chi connectivity index (χ4v) is 11.0. The second-order valence-corrected chi connectivity index (χ2v) is 29.3. The van der Waals surface area contributed by atoms with Crippen molar-refractivity contribution in [2.75, 3.05) is 18.6 Å². The Bertz CT molecular complexity index is 3250. The van der Waals surface area contributed by atoms with Gasteiger partial charge < -0.3 is 89.0 Å². The number of aliphatic hydroxyl groups is 2. The largest absolute Gasteiger partial charge is 0.481 e. The Morgan fingerprint density at radius 2 is 1.02 bits per heavy atom. The molecule has 17 N–H and O–H groups in total. The molecule has 3 aromatic rings. The molecule has 1 heterocycles. The number of carboxylic acids is 2. The van der Waals surface area contributed by atoms with Gasteiger partial charge in [-0.3, -0.25) is 57.5 Å². The molecule has 102 heavy (non-hydrogen) atoms. The number of aromatic amines is 1. The molecule has 0 radical (unpaired) electrons. The lowest BCUT2D eigenvalue weighted by Crippen LogP contribution is -2.59. The topological polar surface area (TPSA) is 474 Å². The van der Waals surface area contributed by atoms with Crippen LogP contribution in [0.5, 0.6) is 0 Å². The van der Waals surface area contributed by atoms with Crippen molar-refractivity contribution in [2.45, 2.75) is 233 Å². The zero-order chi connectivity index (χ0) is 77.3. The lowest BCUT2D eigenvalue weighted by atomic mass is 9.95. The number of hydrogen-bond donors (Lipinski definition) is 16. The van der Waals surface area contributed by atoms with E-state index in [0.29, 0.717) is 29.7 Å². The second kappa shape index (κ2) is 44.5. The van der Waals surface area contributed by atoms with Gasteiger partial charge in [0, 0.05) is 49.3 Å². The molecular weight excluding hydrogens is 1340 g/mol. The summed E-state index contributed by atoms with van der Waals surface area (Å²) in [6, 6.07) is 6.23. The number of para-hydroxylation sites is 1. The molecule has 1 aromatic heterocycles. The highest BCUT2D eigenvalue weighted by Gasteiger charge is 2.36.